The minimum atomic E-state index is 0.0280. The number of hydrogen-bond acceptors (Lipinski definition) is 3. The Balaban J connectivity index is 1.61. The highest BCUT2D eigenvalue weighted by Gasteiger charge is 2.12. The predicted octanol–water partition coefficient (Wildman–Crippen LogP) is 2.88. The van der Waals surface area contributed by atoms with Crippen molar-refractivity contribution >= 4 is 16.8 Å². The minimum Gasteiger partial charge on any atom is -0.352 e. The van der Waals surface area contributed by atoms with Gasteiger partial charge in [0.25, 0.3) is 0 Å². The van der Waals surface area contributed by atoms with Crippen LogP contribution in [0.3, 0.4) is 0 Å². The first-order chi connectivity index (χ1) is 12.0. The van der Waals surface area contributed by atoms with Gasteiger partial charge in [-0.1, -0.05) is 18.2 Å². The first-order valence-corrected chi connectivity index (χ1v) is 8.72. The average Bonchev–Trinajstić information content (AvgIpc) is 3.13. The zero-order valence-electron chi connectivity index (χ0n) is 15.3. The van der Waals surface area contributed by atoms with Gasteiger partial charge in [0.05, 0.1) is 24.0 Å². The number of carbonyl (C=O) groups excluding carboxylic acids is 1. The van der Waals surface area contributed by atoms with Gasteiger partial charge in [-0.15, -0.1) is 0 Å². The normalized spacial score (nSPS) is 11.2. The van der Waals surface area contributed by atoms with Crippen LogP contribution < -0.4 is 5.32 Å². The third kappa shape index (κ3) is 3.43. The minimum absolute atomic E-state index is 0.0280. The van der Waals surface area contributed by atoms with E-state index in [0.717, 1.165) is 34.4 Å². The molecule has 132 valence electrons. The summed E-state index contributed by atoms with van der Waals surface area (Å²) < 4.78 is 3.88. The van der Waals surface area contributed by atoms with Crippen LogP contribution in [0.1, 0.15) is 35.9 Å². The highest BCUT2D eigenvalue weighted by atomic mass is 16.1. The van der Waals surface area contributed by atoms with Crippen molar-refractivity contribution in [2.24, 2.45) is 0 Å². The molecule has 0 fully saturated rings. The molecule has 0 radical (unpaired) electrons. The number of amides is 1. The molecule has 0 unspecified atom stereocenters. The Bertz CT molecular complexity index is 906. The van der Waals surface area contributed by atoms with Gasteiger partial charge in [0.15, 0.2) is 0 Å². The third-order valence-electron chi connectivity index (χ3n) is 4.71. The summed E-state index contributed by atoms with van der Waals surface area (Å²) in [6.07, 6.45) is 2.26. The van der Waals surface area contributed by atoms with Gasteiger partial charge >= 0.3 is 0 Å². The van der Waals surface area contributed by atoms with Crippen molar-refractivity contribution in [2.75, 3.05) is 0 Å². The van der Waals surface area contributed by atoms with Crippen molar-refractivity contribution in [3.63, 3.8) is 0 Å². The quantitative estimate of drug-likeness (QED) is 0.751. The summed E-state index contributed by atoms with van der Waals surface area (Å²) in [7, 11) is 0. The number of rotatable bonds is 6. The molecule has 1 amide bonds. The van der Waals surface area contributed by atoms with Crippen LogP contribution in [-0.2, 0) is 24.4 Å². The van der Waals surface area contributed by atoms with E-state index in [-0.39, 0.29) is 5.91 Å². The fourth-order valence-electron chi connectivity index (χ4n) is 3.28. The van der Waals surface area contributed by atoms with E-state index in [2.05, 4.69) is 35.4 Å². The van der Waals surface area contributed by atoms with Gasteiger partial charge in [-0.25, -0.2) is 0 Å². The van der Waals surface area contributed by atoms with Crippen LogP contribution in [0.4, 0.5) is 0 Å². The van der Waals surface area contributed by atoms with Crippen LogP contribution in [0, 0.1) is 20.8 Å². The number of aromatic nitrogens is 4. The smallest absolute Gasteiger partial charge is 0.222 e. The second kappa shape index (κ2) is 7.09. The third-order valence-corrected chi connectivity index (χ3v) is 4.71. The predicted molar refractivity (Wildman–Crippen MR) is 98.3 cm³/mol. The molecule has 0 aliphatic rings. The average molecular weight is 339 g/mol. The van der Waals surface area contributed by atoms with Gasteiger partial charge in [0.2, 0.25) is 5.91 Å². The maximum Gasteiger partial charge on any atom is 0.222 e. The van der Waals surface area contributed by atoms with Crippen molar-refractivity contribution in [2.45, 2.75) is 53.8 Å². The maximum atomic E-state index is 12.3. The fraction of sp³-hybridized carbons (Fsp3) is 0.421. The van der Waals surface area contributed by atoms with Gasteiger partial charge < -0.3 is 5.32 Å². The maximum absolute atomic E-state index is 12.3. The zero-order chi connectivity index (χ0) is 18.0. The van der Waals surface area contributed by atoms with Gasteiger partial charge in [-0.3, -0.25) is 14.2 Å². The van der Waals surface area contributed by atoms with Crippen LogP contribution in [0.15, 0.2) is 24.4 Å². The summed E-state index contributed by atoms with van der Waals surface area (Å²) in [5, 5.41) is 13.0. The van der Waals surface area contributed by atoms with Gasteiger partial charge in [0, 0.05) is 36.2 Å². The second-order valence-electron chi connectivity index (χ2n) is 6.37. The van der Waals surface area contributed by atoms with Crippen LogP contribution in [0.2, 0.25) is 0 Å². The van der Waals surface area contributed by atoms with Crippen molar-refractivity contribution in [1.82, 2.24) is 24.9 Å². The number of para-hydroxylation sites is 1. The summed E-state index contributed by atoms with van der Waals surface area (Å²) in [6, 6.07) is 6.14. The monoisotopic (exact) mass is 339 g/mol. The lowest BCUT2D eigenvalue weighted by atomic mass is 10.2. The molecular formula is C19H25N5O. The molecule has 1 N–H and O–H groups in total. The van der Waals surface area contributed by atoms with E-state index in [4.69, 9.17) is 0 Å². The number of nitrogens with zero attached hydrogens (tertiary/aromatic N) is 4. The fourth-order valence-corrected chi connectivity index (χ4v) is 3.28. The Morgan fingerprint density at radius 3 is 2.72 bits per heavy atom. The van der Waals surface area contributed by atoms with Crippen LogP contribution in [0.25, 0.3) is 10.9 Å². The molecule has 1 aromatic carbocycles. The molecule has 2 aromatic heterocycles. The van der Waals surface area contributed by atoms with Gasteiger partial charge in [-0.05, 0) is 33.3 Å². The summed E-state index contributed by atoms with van der Waals surface area (Å²) >= 11 is 0. The molecule has 0 spiro atoms. The number of aryl methyl sites for hydroxylation is 4. The Morgan fingerprint density at radius 1 is 1.20 bits per heavy atom. The Hall–Kier alpha value is -2.63. The van der Waals surface area contributed by atoms with Crippen molar-refractivity contribution in [3.8, 4) is 0 Å². The van der Waals surface area contributed by atoms with Crippen molar-refractivity contribution in [3.05, 3.63) is 46.9 Å². The molecule has 0 aliphatic heterocycles. The lowest BCUT2D eigenvalue weighted by molar-refractivity contribution is -0.121. The van der Waals surface area contributed by atoms with E-state index in [0.29, 0.717) is 19.5 Å². The summed E-state index contributed by atoms with van der Waals surface area (Å²) in [6.45, 7) is 10.1. The number of hydrogen-bond donors (Lipinski definition) is 1. The Kier molecular flexibility index (Phi) is 4.88. The number of fused-ring (bicyclic) bond motifs is 1. The number of carbonyl (C=O) groups is 1. The lowest BCUT2D eigenvalue weighted by Gasteiger charge is -2.08. The molecule has 0 bridgehead atoms. The van der Waals surface area contributed by atoms with Gasteiger partial charge in [-0.2, -0.15) is 10.2 Å². The van der Waals surface area contributed by atoms with E-state index in [1.165, 1.54) is 5.56 Å². The van der Waals surface area contributed by atoms with Crippen molar-refractivity contribution in [1.29, 1.82) is 0 Å². The molecule has 0 aliphatic carbocycles. The molecule has 0 atom stereocenters. The standard InChI is InChI=1S/C19H25N5O/c1-5-23-15(4)17(14(3)22-23)12-20-18(25)9-10-24-19-13(2)7-6-8-16(19)11-21-24/h6-8,11H,5,9-10,12H2,1-4H3,(H,20,25). The first-order valence-electron chi connectivity index (χ1n) is 8.72. The largest absolute Gasteiger partial charge is 0.352 e. The van der Waals surface area contributed by atoms with Crippen LogP contribution >= 0.6 is 0 Å². The molecule has 3 aromatic rings. The van der Waals surface area contributed by atoms with Crippen LogP contribution in [-0.4, -0.2) is 25.5 Å². The molecule has 6 nitrogen and oxygen atoms in total. The lowest BCUT2D eigenvalue weighted by Crippen LogP contribution is -2.24. The molecule has 0 saturated heterocycles. The van der Waals surface area contributed by atoms with E-state index in [9.17, 15) is 4.79 Å². The molecule has 25 heavy (non-hydrogen) atoms. The van der Waals surface area contributed by atoms with E-state index in [1.54, 1.807) is 0 Å². The second-order valence-corrected chi connectivity index (χ2v) is 6.37. The SMILES string of the molecule is CCn1nc(C)c(CNC(=O)CCn2ncc3cccc(C)c32)c1C. The molecule has 2 heterocycles. The van der Waals surface area contributed by atoms with Crippen LogP contribution in [0.5, 0.6) is 0 Å². The molecule has 0 saturated carbocycles. The molecule has 6 heteroatoms. The Labute approximate surface area is 147 Å². The van der Waals surface area contributed by atoms with E-state index >= 15 is 0 Å². The topological polar surface area (TPSA) is 64.7 Å². The first kappa shape index (κ1) is 17.2. The Morgan fingerprint density at radius 2 is 2.00 bits per heavy atom. The number of benzene rings is 1. The summed E-state index contributed by atoms with van der Waals surface area (Å²) in [4.78, 5) is 12.3. The molecule has 3 rings (SSSR count). The summed E-state index contributed by atoms with van der Waals surface area (Å²) in [5.41, 5.74) is 5.48. The van der Waals surface area contributed by atoms with E-state index < -0.39 is 0 Å². The number of nitrogens with one attached hydrogen (secondary N) is 1. The van der Waals surface area contributed by atoms with Gasteiger partial charge in [0.1, 0.15) is 0 Å². The van der Waals surface area contributed by atoms with Crippen molar-refractivity contribution < 1.29 is 4.79 Å². The molecular weight excluding hydrogens is 314 g/mol. The highest BCUT2D eigenvalue weighted by Crippen LogP contribution is 2.18. The van der Waals surface area contributed by atoms with E-state index in [1.807, 2.05) is 41.5 Å². The summed E-state index contributed by atoms with van der Waals surface area (Å²) in [5.74, 6) is 0.0280. The zero-order valence-corrected chi connectivity index (χ0v) is 15.3. The highest BCUT2D eigenvalue weighted by molar-refractivity contribution is 5.82.